The maximum atomic E-state index is 14.5. The summed E-state index contributed by atoms with van der Waals surface area (Å²) in [4.78, 5) is 28.8. The fourth-order valence-electron chi connectivity index (χ4n) is 2.91. The zero-order chi connectivity index (χ0) is 20.4. The minimum Gasteiger partial charge on any atom is -0.382 e. The lowest BCUT2D eigenvalue weighted by Gasteiger charge is -2.15. The summed E-state index contributed by atoms with van der Waals surface area (Å²) in [6.07, 6.45) is 8.79. The molecule has 0 fully saturated rings. The highest BCUT2D eigenvalue weighted by molar-refractivity contribution is 6.05. The highest BCUT2D eigenvalue weighted by atomic mass is 19.1. The molecule has 8 nitrogen and oxygen atoms in total. The molecular weight excluding hydrogens is 373 g/mol. The standard InChI is InChI=1S/C20H16FN7O/c1-28-11-25-10-17(28)20(29)26-16-7-14(13-4-6-24-9-15(13)21)18(27-19(16)22)12-3-2-5-23-8-12/h2-11H,1H3,(H2,22,27)(H,26,29). The Morgan fingerprint density at radius 2 is 1.93 bits per heavy atom. The van der Waals surface area contributed by atoms with E-state index in [1.165, 1.54) is 24.8 Å². The van der Waals surface area contributed by atoms with Crippen molar-refractivity contribution < 1.29 is 9.18 Å². The van der Waals surface area contributed by atoms with Gasteiger partial charge in [-0.15, -0.1) is 0 Å². The normalized spacial score (nSPS) is 10.7. The van der Waals surface area contributed by atoms with Gasteiger partial charge in [-0.25, -0.2) is 14.4 Å². The van der Waals surface area contributed by atoms with Crippen LogP contribution in [0.2, 0.25) is 0 Å². The molecule has 4 aromatic rings. The molecule has 0 aliphatic carbocycles. The van der Waals surface area contributed by atoms with Gasteiger partial charge < -0.3 is 15.6 Å². The minimum absolute atomic E-state index is 0.0950. The van der Waals surface area contributed by atoms with Crippen molar-refractivity contribution in [3.63, 3.8) is 0 Å². The van der Waals surface area contributed by atoms with Gasteiger partial charge in [-0.3, -0.25) is 14.8 Å². The van der Waals surface area contributed by atoms with Crippen LogP contribution in [0.15, 0.2) is 61.6 Å². The number of halogens is 1. The molecule has 1 amide bonds. The number of aryl methyl sites for hydroxylation is 1. The van der Waals surface area contributed by atoms with Crippen LogP contribution in [-0.4, -0.2) is 30.4 Å². The van der Waals surface area contributed by atoms with E-state index in [0.717, 1.165) is 6.20 Å². The summed E-state index contributed by atoms with van der Waals surface area (Å²) in [7, 11) is 1.70. The van der Waals surface area contributed by atoms with Gasteiger partial charge in [-0.1, -0.05) is 0 Å². The number of imidazole rings is 1. The van der Waals surface area contributed by atoms with Gasteiger partial charge in [0.2, 0.25) is 0 Å². The molecular formula is C20H16FN7O. The zero-order valence-electron chi connectivity index (χ0n) is 15.4. The Balaban J connectivity index is 1.85. The first-order chi connectivity index (χ1) is 14.0. The van der Waals surface area contributed by atoms with E-state index in [1.807, 2.05) is 0 Å². The minimum atomic E-state index is -0.520. The van der Waals surface area contributed by atoms with Crippen LogP contribution in [0, 0.1) is 5.82 Å². The van der Waals surface area contributed by atoms with Gasteiger partial charge in [0, 0.05) is 42.3 Å². The lowest BCUT2D eigenvalue weighted by Crippen LogP contribution is -2.17. The molecule has 0 aromatic carbocycles. The van der Waals surface area contributed by atoms with Crippen LogP contribution in [0.25, 0.3) is 22.4 Å². The number of nitrogen functional groups attached to an aromatic ring is 1. The molecule has 0 saturated heterocycles. The van der Waals surface area contributed by atoms with Crippen molar-refractivity contribution in [1.29, 1.82) is 0 Å². The first kappa shape index (κ1) is 18.2. The highest BCUT2D eigenvalue weighted by Crippen LogP contribution is 2.35. The fraction of sp³-hybridized carbons (Fsp3) is 0.0500. The Kier molecular flexibility index (Phi) is 4.70. The average molecular weight is 389 g/mol. The van der Waals surface area contributed by atoms with Crippen molar-refractivity contribution in [2.24, 2.45) is 7.05 Å². The number of rotatable bonds is 4. The molecule has 0 saturated carbocycles. The third-order valence-corrected chi connectivity index (χ3v) is 4.35. The Hall–Kier alpha value is -4.14. The number of nitrogens with one attached hydrogen (secondary N) is 1. The molecule has 0 unspecified atom stereocenters. The Bertz CT molecular complexity index is 1190. The van der Waals surface area contributed by atoms with Crippen molar-refractivity contribution in [2.45, 2.75) is 0 Å². The van der Waals surface area contributed by atoms with Gasteiger partial charge in [-0.2, -0.15) is 0 Å². The molecule has 4 heterocycles. The summed E-state index contributed by atoms with van der Waals surface area (Å²) in [5.41, 5.74) is 8.55. The molecule has 29 heavy (non-hydrogen) atoms. The first-order valence-electron chi connectivity index (χ1n) is 8.63. The predicted octanol–water partition coefficient (Wildman–Crippen LogP) is 2.91. The summed E-state index contributed by atoms with van der Waals surface area (Å²) in [6.45, 7) is 0. The Morgan fingerprint density at radius 3 is 2.62 bits per heavy atom. The van der Waals surface area contributed by atoms with Crippen molar-refractivity contribution >= 4 is 17.4 Å². The van der Waals surface area contributed by atoms with Crippen LogP contribution in [0.3, 0.4) is 0 Å². The number of hydrogen-bond acceptors (Lipinski definition) is 6. The molecule has 4 aromatic heterocycles. The van der Waals surface area contributed by atoms with E-state index in [2.05, 4.69) is 25.3 Å². The molecule has 0 aliphatic rings. The molecule has 0 atom stereocenters. The third-order valence-electron chi connectivity index (χ3n) is 4.35. The smallest absolute Gasteiger partial charge is 0.274 e. The van der Waals surface area contributed by atoms with Crippen molar-refractivity contribution in [2.75, 3.05) is 11.1 Å². The summed E-state index contributed by atoms with van der Waals surface area (Å²) in [6, 6.07) is 6.68. The Morgan fingerprint density at radius 1 is 1.10 bits per heavy atom. The molecule has 9 heteroatoms. The van der Waals surface area contributed by atoms with Gasteiger partial charge in [0.05, 0.1) is 30.1 Å². The van der Waals surface area contributed by atoms with Crippen LogP contribution in [0.4, 0.5) is 15.9 Å². The van der Waals surface area contributed by atoms with Crippen molar-refractivity contribution in [1.82, 2.24) is 24.5 Å². The number of amides is 1. The Labute approximate surface area is 165 Å². The van der Waals surface area contributed by atoms with Crippen LogP contribution < -0.4 is 11.1 Å². The number of carbonyl (C=O) groups is 1. The predicted molar refractivity (Wildman–Crippen MR) is 106 cm³/mol. The number of aromatic nitrogens is 5. The van der Waals surface area contributed by atoms with E-state index in [-0.39, 0.29) is 17.1 Å². The second-order valence-electron chi connectivity index (χ2n) is 6.26. The van der Waals surface area contributed by atoms with Gasteiger partial charge in [0.1, 0.15) is 17.3 Å². The molecule has 4 rings (SSSR count). The van der Waals surface area contributed by atoms with Crippen molar-refractivity contribution in [3.8, 4) is 22.4 Å². The number of nitrogens with zero attached hydrogens (tertiary/aromatic N) is 5. The first-order valence-corrected chi connectivity index (χ1v) is 8.63. The van der Waals surface area contributed by atoms with E-state index in [9.17, 15) is 9.18 Å². The number of nitrogens with two attached hydrogens (primary N) is 1. The van der Waals surface area contributed by atoms with Gasteiger partial charge in [-0.05, 0) is 24.3 Å². The second kappa shape index (κ2) is 7.47. The quantitative estimate of drug-likeness (QED) is 0.555. The maximum Gasteiger partial charge on any atom is 0.274 e. The fourth-order valence-corrected chi connectivity index (χ4v) is 2.91. The lowest BCUT2D eigenvalue weighted by molar-refractivity contribution is 0.101. The summed E-state index contributed by atoms with van der Waals surface area (Å²) in [5.74, 6) is -0.834. The van der Waals surface area contributed by atoms with Crippen LogP contribution in [0.5, 0.6) is 0 Å². The topological polar surface area (TPSA) is 112 Å². The highest BCUT2D eigenvalue weighted by Gasteiger charge is 2.19. The third kappa shape index (κ3) is 3.53. The van der Waals surface area contributed by atoms with Crippen LogP contribution in [0.1, 0.15) is 10.5 Å². The summed E-state index contributed by atoms with van der Waals surface area (Å²) < 4.78 is 16.1. The molecule has 0 spiro atoms. The van der Waals surface area contributed by atoms with Crippen molar-refractivity contribution in [3.05, 3.63) is 73.1 Å². The second-order valence-corrected chi connectivity index (χ2v) is 6.26. The molecule has 0 aliphatic heterocycles. The van der Waals surface area contributed by atoms with Crippen LogP contribution in [-0.2, 0) is 7.05 Å². The number of pyridine rings is 3. The lowest BCUT2D eigenvalue weighted by atomic mass is 10.00. The monoisotopic (exact) mass is 389 g/mol. The maximum absolute atomic E-state index is 14.5. The van der Waals surface area contributed by atoms with E-state index < -0.39 is 11.7 Å². The van der Waals surface area contributed by atoms with E-state index in [1.54, 1.807) is 42.2 Å². The molecule has 0 radical (unpaired) electrons. The number of carbonyl (C=O) groups excluding carboxylic acids is 1. The SMILES string of the molecule is Cn1cncc1C(=O)Nc1cc(-c2ccncc2F)c(-c2cccnc2)nc1N. The molecule has 3 N–H and O–H groups in total. The molecule has 144 valence electrons. The summed E-state index contributed by atoms with van der Waals surface area (Å²) in [5, 5.41) is 2.72. The van der Waals surface area contributed by atoms with Gasteiger partial charge in [0.15, 0.2) is 0 Å². The number of hydrogen-bond donors (Lipinski definition) is 2. The zero-order valence-corrected chi connectivity index (χ0v) is 15.4. The average Bonchev–Trinajstić information content (AvgIpc) is 3.16. The van der Waals surface area contributed by atoms with Gasteiger partial charge >= 0.3 is 0 Å². The van der Waals surface area contributed by atoms with Gasteiger partial charge in [0.25, 0.3) is 5.91 Å². The van der Waals surface area contributed by atoms with E-state index in [4.69, 9.17) is 5.73 Å². The van der Waals surface area contributed by atoms with E-state index in [0.29, 0.717) is 22.5 Å². The largest absolute Gasteiger partial charge is 0.382 e. The van der Waals surface area contributed by atoms with Crippen LogP contribution >= 0.6 is 0 Å². The molecule has 0 bridgehead atoms. The summed E-state index contributed by atoms with van der Waals surface area (Å²) >= 11 is 0. The number of anilines is 2. The van der Waals surface area contributed by atoms with E-state index >= 15 is 0 Å².